The third-order valence-electron chi connectivity index (χ3n) is 3.94. The summed E-state index contributed by atoms with van der Waals surface area (Å²) in [5.74, 6) is 1.04. The summed E-state index contributed by atoms with van der Waals surface area (Å²) in [5, 5.41) is 0. The summed E-state index contributed by atoms with van der Waals surface area (Å²) in [7, 11) is 0. The van der Waals surface area contributed by atoms with Crippen LogP contribution in [0.25, 0.3) is 0 Å². The van der Waals surface area contributed by atoms with E-state index in [1.807, 2.05) is 4.90 Å². The fourth-order valence-corrected chi connectivity index (χ4v) is 2.28. The van der Waals surface area contributed by atoms with E-state index in [4.69, 9.17) is 5.73 Å². The molecule has 0 aromatic carbocycles. The summed E-state index contributed by atoms with van der Waals surface area (Å²) in [6.45, 7) is 9.36. The minimum absolute atomic E-state index is 0.147. The number of nitrogens with two attached hydrogens (primary N) is 1. The van der Waals surface area contributed by atoms with Crippen LogP contribution in [0, 0.1) is 11.8 Å². The van der Waals surface area contributed by atoms with Crippen molar-refractivity contribution in [2.45, 2.75) is 59.0 Å². The molecule has 1 aliphatic rings. The summed E-state index contributed by atoms with van der Waals surface area (Å²) >= 11 is 0. The number of amides is 1. The molecule has 1 fully saturated rings. The van der Waals surface area contributed by atoms with Gasteiger partial charge in [-0.1, -0.05) is 27.2 Å². The van der Waals surface area contributed by atoms with E-state index < -0.39 is 0 Å². The number of piperidine rings is 1. The molecule has 1 rings (SSSR count). The molecule has 0 spiro atoms. The van der Waals surface area contributed by atoms with Crippen LogP contribution < -0.4 is 5.73 Å². The van der Waals surface area contributed by atoms with Crippen molar-refractivity contribution in [2.24, 2.45) is 17.6 Å². The average molecular weight is 226 g/mol. The molecule has 0 aromatic heterocycles. The lowest BCUT2D eigenvalue weighted by Gasteiger charge is -2.39. The van der Waals surface area contributed by atoms with E-state index in [-0.39, 0.29) is 17.9 Å². The molecule has 1 heterocycles. The molecular formula is C13H26N2O. The smallest absolute Gasteiger partial charge is 0.240 e. The van der Waals surface area contributed by atoms with Gasteiger partial charge in [0.2, 0.25) is 5.91 Å². The second-order valence-corrected chi connectivity index (χ2v) is 5.43. The molecule has 4 atom stereocenters. The summed E-state index contributed by atoms with van der Waals surface area (Å²) in [4.78, 5) is 14.2. The number of carbonyl (C=O) groups excluding carboxylic acids is 1. The van der Waals surface area contributed by atoms with E-state index in [0.29, 0.717) is 12.0 Å². The third-order valence-corrected chi connectivity index (χ3v) is 3.94. The summed E-state index contributed by atoms with van der Waals surface area (Å²) in [6.07, 6.45) is 3.30. The molecule has 1 amide bonds. The first-order valence-electron chi connectivity index (χ1n) is 6.53. The zero-order valence-electron chi connectivity index (χ0n) is 11.1. The molecule has 1 saturated heterocycles. The van der Waals surface area contributed by atoms with Crippen molar-refractivity contribution < 1.29 is 4.79 Å². The monoisotopic (exact) mass is 226 g/mol. The fraction of sp³-hybridized carbons (Fsp3) is 0.923. The van der Waals surface area contributed by atoms with Gasteiger partial charge in [-0.15, -0.1) is 0 Å². The van der Waals surface area contributed by atoms with Gasteiger partial charge in [-0.3, -0.25) is 4.79 Å². The van der Waals surface area contributed by atoms with Gasteiger partial charge >= 0.3 is 0 Å². The van der Waals surface area contributed by atoms with E-state index in [9.17, 15) is 4.79 Å². The van der Waals surface area contributed by atoms with E-state index in [0.717, 1.165) is 19.4 Å². The van der Waals surface area contributed by atoms with Crippen LogP contribution in [0.15, 0.2) is 0 Å². The van der Waals surface area contributed by atoms with Gasteiger partial charge in [-0.2, -0.15) is 0 Å². The molecule has 0 aliphatic carbocycles. The standard InChI is InChI=1S/C13H26N2O/c1-5-10(3)12(14)13(16)15-8-9(2)6-7-11(15)4/h9-12H,5-8,14H2,1-4H3/t9?,10-,11?,12-/m0/s1. The quantitative estimate of drug-likeness (QED) is 0.800. The van der Waals surface area contributed by atoms with Crippen LogP contribution in [-0.4, -0.2) is 29.4 Å². The highest BCUT2D eigenvalue weighted by Crippen LogP contribution is 2.23. The summed E-state index contributed by atoms with van der Waals surface area (Å²) in [6, 6.07) is 0.0385. The van der Waals surface area contributed by atoms with Crippen LogP contribution in [0.1, 0.15) is 47.0 Å². The van der Waals surface area contributed by atoms with Gasteiger partial charge in [-0.05, 0) is 31.6 Å². The van der Waals surface area contributed by atoms with Crippen molar-refractivity contribution in [1.82, 2.24) is 4.90 Å². The third kappa shape index (κ3) is 2.97. The Morgan fingerprint density at radius 1 is 1.44 bits per heavy atom. The minimum Gasteiger partial charge on any atom is -0.338 e. The Kier molecular flexibility index (Phi) is 4.78. The minimum atomic E-state index is -0.322. The zero-order chi connectivity index (χ0) is 12.3. The van der Waals surface area contributed by atoms with Crippen molar-refractivity contribution in [3.8, 4) is 0 Å². The topological polar surface area (TPSA) is 46.3 Å². The van der Waals surface area contributed by atoms with Crippen LogP contribution >= 0.6 is 0 Å². The number of likely N-dealkylation sites (tertiary alicyclic amines) is 1. The lowest BCUT2D eigenvalue weighted by molar-refractivity contribution is -0.138. The van der Waals surface area contributed by atoms with Gasteiger partial charge in [0.05, 0.1) is 6.04 Å². The second-order valence-electron chi connectivity index (χ2n) is 5.43. The summed E-state index contributed by atoms with van der Waals surface area (Å²) in [5.41, 5.74) is 6.02. The number of nitrogens with zero attached hydrogens (tertiary/aromatic N) is 1. The molecule has 3 nitrogen and oxygen atoms in total. The zero-order valence-corrected chi connectivity index (χ0v) is 11.1. The van der Waals surface area contributed by atoms with Gasteiger partial charge in [0.25, 0.3) is 0 Å². The molecule has 0 saturated carbocycles. The largest absolute Gasteiger partial charge is 0.338 e. The Morgan fingerprint density at radius 2 is 2.06 bits per heavy atom. The molecule has 2 unspecified atom stereocenters. The number of carbonyl (C=O) groups is 1. The van der Waals surface area contributed by atoms with Gasteiger partial charge < -0.3 is 10.6 Å². The Labute approximate surface area is 99.4 Å². The van der Waals surface area contributed by atoms with Gasteiger partial charge in [-0.25, -0.2) is 0 Å². The predicted molar refractivity (Wildman–Crippen MR) is 67.0 cm³/mol. The Balaban J connectivity index is 2.64. The maximum absolute atomic E-state index is 12.3. The number of hydrogen-bond acceptors (Lipinski definition) is 2. The van der Waals surface area contributed by atoms with Crippen LogP contribution in [0.3, 0.4) is 0 Å². The first kappa shape index (κ1) is 13.5. The predicted octanol–water partition coefficient (Wildman–Crippen LogP) is 2.01. The first-order chi connectivity index (χ1) is 7.47. The summed E-state index contributed by atoms with van der Waals surface area (Å²) < 4.78 is 0. The molecule has 0 radical (unpaired) electrons. The fourth-order valence-electron chi connectivity index (χ4n) is 2.28. The number of rotatable bonds is 3. The van der Waals surface area contributed by atoms with Crippen molar-refractivity contribution in [1.29, 1.82) is 0 Å². The van der Waals surface area contributed by atoms with Crippen LogP contribution in [0.5, 0.6) is 0 Å². The molecule has 0 bridgehead atoms. The highest BCUT2D eigenvalue weighted by molar-refractivity contribution is 5.82. The van der Waals surface area contributed by atoms with Crippen LogP contribution in [0.2, 0.25) is 0 Å². The normalized spacial score (nSPS) is 29.9. The molecule has 0 aromatic rings. The van der Waals surface area contributed by atoms with E-state index in [2.05, 4.69) is 27.7 Å². The van der Waals surface area contributed by atoms with Crippen molar-refractivity contribution in [3.05, 3.63) is 0 Å². The molecule has 2 N–H and O–H groups in total. The van der Waals surface area contributed by atoms with Gasteiger partial charge in [0, 0.05) is 12.6 Å². The van der Waals surface area contributed by atoms with Crippen molar-refractivity contribution in [2.75, 3.05) is 6.54 Å². The molecule has 3 heteroatoms. The van der Waals surface area contributed by atoms with E-state index in [1.54, 1.807) is 0 Å². The van der Waals surface area contributed by atoms with Crippen molar-refractivity contribution >= 4 is 5.91 Å². The van der Waals surface area contributed by atoms with Crippen molar-refractivity contribution in [3.63, 3.8) is 0 Å². The highest BCUT2D eigenvalue weighted by atomic mass is 16.2. The average Bonchev–Trinajstić information content (AvgIpc) is 2.29. The highest BCUT2D eigenvalue weighted by Gasteiger charge is 2.31. The Bertz CT molecular complexity index is 242. The second kappa shape index (κ2) is 5.67. The number of hydrogen-bond donors (Lipinski definition) is 1. The Hall–Kier alpha value is -0.570. The molecular weight excluding hydrogens is 200 g/mol. The molecule has 1 aliphatic heterocycles. The van der Waals surface area contributed by atoms with Gasteiger partial charge in [0.15, 0.2) is 0 Å². The van der Waals surface area contributed by atoms with Crippen LogP contribution in [-0.2, 0) is 4.79 Å². The van der Waals surface area contributed by atoms with Gasteiger partial charge in [0.1, 0.15) is 0 Å². The lowest BCUT2D eigenvalue weighted by Crippen LogP contribution is -2.53. The first-order valence-corrected chi connectivity index (χ1v) is 6.53. The lowest BCUT2D eigenvalue weighted by atomic mass is 9.92. The maximum Gasteiger partial charge on any atom is 0.240 e. The SMILES string of the molecule is CC[C@H](C)[C@H](N)C(=O)N1CC(C)CCC1C. The van der Waals surface area contributed by atoms with Crippen LogP contribution in [0.4, 0.5) is 0 Å². The maximum atomic E-state index is 12.3. The van der Waals surface area contributed by atoms with E-state index >= 15 is 0 Å². The Morgan fingerprint density at radius 3 is 2.62 bits per heavy atom. The molecule has 16 heavy (non-hydrogen) atoms. The molecule has 94 valence electrons. The van der Waals surface area contributed by atoms with E-state index in [1.165, 1.54) is 6.42 Å².